The lowest BCUT2D eigenvalue weighted by Gasteiger charge is -2.35. The molecule has 0 radical (unpaired) electrons. The summed E-state index contributed by atoms with van der Waals surface area (Å²) in [6.07, 6.45) is -5.27. The third kappa shape index (κ3) is 3.39. The second-order valence-corrected chi connectivity index (χ2v) is 6.97. The minimum Gasteiger partial charge on any atom is -0.341 e. The zero-order valence-electron chi connectivity index (χ0n) is 15.3. The van der Waals surface area contributed by atoms with Gasteiger partial charge in [0.1, 0.15) is 17.7 Å². The van der Waals surface area contributed by atoms with Crippen LogP contribution in [0.25, 0.3) is 11.4 Å². The number of alkyl halides is 3. The quantitative estimate of drug-likeness (QED) is 0.682. The number of halogens is 5. The van der Waals surface area contributed by atoms with Gasteiger partial charge in [-0.15, -0.1) is 0 Å². The van der Waals surface area contributed by atoms with Crippen LogP contribution in [-0.4, -0.2) is 52.4 Å². The van der Waals surface area contributed by atoms with Gasteiger partial charge in [0.25, 0.3) is 12.3 Å². The molecule has 0 spiro atoms. The molecule has 160 valence electrons. The van der Waals surface area contributed by atoms with E-state index in [0.29, 0.717) is 25.2 Å². The summed E-state index contributed by atoms with van der Waals surface area (Å²) in [4.78, 5) is 30.7. The first-order valence-corrected chi connectivity index (χ1v) is 9.14. The van der Waals surface area contributed by atoms with Crippen LogP contribution in [0.3, 0.4) is 0 Å². The van der Waals surface area contributed by atoms with E-state index in [-0.39, 0.29) is 18.7 Å². The molecule has 2 aliphatic heterocycles. The van der Waals surface area contributed by atoms with Crippen molar-refractivity contribution in [1.29, 1.82) is 0 Å². The van der Waals surface area contributed by atoms with Gasteiger partial charge >= 0.3 is 0 Å². The Morgan fingerprint density at radius 1 is 1.17 bits per heavy atom. The van der Waals surface area contributed by atoms with Crippen molar-refractivity contribution in [2.45, 2.75) is 37.9 Å². The van der Waals surface area contributed by atoms with Crippen LogP contribution in [0.1, 0.15) is 31.3 Å². The maximum atomic E-state index is 14.8. The molecule has 1 aromatic heterocycles. The molecule has 3 heterocycles. The molecule has 1 aromatic carbocycles. The molecule has 2 amide bonds. The van der Waals surface area contributed by atoms with E-state index in [2.05, 4.69) is 14.7 Å². The SMILES string of the molecule is O=C([C@@H]1CCC(=O)N1c1cc(F)c(-c2noc(C(F)C(F)F)n2)cc1F)N1CCC1. The van der Waals surface area contributed by atoms with Crippen LogP contribution in [0.2, 0.25) is 0 Å². The van der Waals surface area contributed by atoms with Gasteiger partial charge in [-0.05, 0) is 18.9 Å². The van der Waals surface area contributed by atoms with Gasteiger partial charge in [-0.3, -0.25) is 14.5 Å². The van der Waals surface area contributed by atoms with Gasteiger partial charge in [0.05, 0.1) is 11.3 Å². The van der Waals surface area contributed by atoms with Crippen molar-refractivity contribution < 1.29 is 36.1 Å². The lowest BCUT2D eigenvalue weighted by Crippen LogP contribution is -2.52. The summed E-state index contributed by atoms with van der Waals surface area (Å²) in [6, 6.07) is 0.402. The van der Waals surface area contributed by atoms with Crippen molar-refractivity contribution >= 4 is 17.5 Å². The van der Waals surface area contributed by atoms with Crippen LogP contribution < -0.4 is 4.90 Å². The van der Waals surface area contributed by atoms with E-state index >= 15 is 0 Å². The Kier molecular flexibility index (Phi) is 5.16. The minimum absolute atomic E-state index is 0.00672. The van der Waals surface area contributed by atoms with E-state index in [1.807, 2.05) is 0 Å². The molecule has 2 aliphatic rings. The second kappa shape index (κ2) is 7.65. The van der Waals surface area contributed by atoms with Crippen molar-refractivity contribution in [3.8, 4) is 11.4 Å². The van der Waals surface area contributed by atoms with Gasteiger partial charge in [-0.25, -0.2) is 22.0 Å². The van der Waals surface area contributed by atoms with Gasteiger partial charge in [0.2, 0.25) is 23.8 Å². The van der Waals surface area contributed by atoms with E-state index in [1.165, 1.54) is 4.90 Å². The number of nitrogens with zero attached hydrogens (tertiary/aromatic N) is 4. The van der Waals surface area contributed by atoms with Crippen molar-refractivity contribution in [1.82, 2.24) is 15.0 Å². The molecule has 0 aliphatic carbocycles. The Morgan fingerprint density at radius 2 is 1.90 bits per heavy atom. The number of rotatable bonds is 5. The Balaban J connectivity index is 1.65. The summed E-state index contributed by atoms with van der Waals surface area (Å²) in [5.74, 6) is -4.71. The smallest absolute Gasteiger partial charge is 0.278 e. The highest BCUT2D eigenvalue weighted by atomic mass is 19.3. The standard InChI is InChI=1S/C18H15F5N4O3/c19-9-7-12(27-11(2-3-13(27)28)18(29)26-4-1-5-26)10(20)6-8(9)16-24-17(30-25-16)14(21)15(22)23/h6-7,11,14-15H,1-5H2/t11-,14?/m0/s1. The third-order valence-electron chi connectivity index (χ3n) is 5.10. The number of carbonyl (C=O) groups is 2. The highest BCUT2D eigenvalue weighted by molar-refractivity contribution is 6.04. The molecule has 4 rings (SSSR count). The van der Waals surface area contributed by atoms with E-state index < -0.39 is 59.1 Å². The van der Waals surface area contributed by atoms with E-state index in [0.717, 1.165) is 11.3 Å². The van der Waals surface area contributed by atoms with Gasteiger partial charge < -0.3 is 9.42 Å². The molecule has 1 unspecified atom stereocenters. The number of benzene rings is 1. The van der Waals surface area contributed by atoms with E-state index in [9.17, 15) is 31.5 Å². The van der Waals surface area contributed by atoms with E-state index in [4.69, 9.17) is 0 Å². The summed E-state index contributed by atoms with van der Waals surface area (Å²) >= 11 is 0. The summed E-state index contributed by atoms with van der Waals surface area (Å²) in [7, 11) is 0. The molecule has 7 nitrogen and oxygen atoms in total. The Bertz CT molecular complexity index is 994. The maximum absolute atomic E-state index is 14.8. The maximum Gasteiger partial charge on any atom is 0.278 e. The Labute approximate surface area is 166 Å². The Hall–Kier alpha value is -3.05. The zero-order chi connectivity index (χ0) is 21.6. The monoisotopic (exact) mass is 430 g/mol. The van der Waals surface area contributed by atoms with Crippen LogP contribution in [0.5, 0.6) is 0 Å². The Morgan fingerprint density at radius 3 is 2.53 bits per heavy atom. The average molecular weight is 430 g/mol. The number of hydrogen-bond acceptors (Lipinski definition) is 5. The second-order valence-electron chi connectivity index (χ2n) is 6.97. The molecule has 2 atom stereocenters. The number of amides is 2. The van der Waals surface area contributed by atoms with E-state index in [1.54, 1.807) is 0 Å². The molecular formula is C18H15F5N4O3. The normalized spacial score (nSPS) is 20.1. The predicted octanol–water partition coefficient (Wildman–Crippen LogP) is 3.02. The minimum atomic E-state index is -3.43. The highest BCUT2D eigenvalue weighted by Gasteiger charge is 2.41. The number of likely N-dealkylation sites (tertiary alicyclic amines) is 1. The molecule has 2 fully saturated rings. The first-order valence-electron chi connectivity index (χ1n) is 9.14. The number of hydrogen-bond donors (Lipinski definition) is 0. The lowest BCUT2D eigenvalue weighted by molar-refractivity contribution is -0.136. The van der Waals surface area contributed by atoms with Gasteiger partial charge in [-0.2, -0.15) is 4.98 Å². The van der Waals surface area contributed by atoms with Crippen molar-refractivity contribution in [2.24, 2.45) is 0 Å². The highest BCUT2D eigenvalue weighted by Crippen LogP contribution is 2.35. The first kappa shape index (κ1) is 20.2. The summed E-state index contributed by atoms with van der Waals surface area (Å²) in [5.41, 5.74) is -0.998. The summed E-state index contributed by atoms with van der Waals surface area (Å²) < 4.78 is 72.0. The molecule has 30 heavy (non-hydrogen) atoms. The predicted molar refractivity (Wildman–Crippen MR) is 91.2 cm³/mol. The lowest BCUT2D eigenvalue weighted by atomic mass is 10.1. The van der Waals surface area contributed by atoms with Crippen LogP contribution in [-0.2, 0) is 9.59 Å². The summed E-state index contributed by atoms with van der Waals surface area (Å²) in [5, 5.41) is 3.21. The molecule has 0 N–H and O–H groups in total. The number of aromatic nitrogens is 2. The fourth-order valence-electron chi connectivity index (χ4n) is 3.42. The van der Waals surface area contributed by atoms with Crippen LogP contribution >= 0.6 is 0 Å². The van der Waals surface area contributed by atoms with Crippen molar-refractivity contribution in [2.75, 3.05) is 18.0 Å². The summed E-state index contributed by atoms with van der Waals surface area (Å²) in [6.45, 7) is 1.09. The molecular weight excluding hydrogens is 415 g/mol. The molecule has 2 aromatic rings. The third-order valence-corrected chi connectivity index (χ3v) is 5.10. The molecule has 2 saturated heterocycles. The van der Waals surface area contributed by atoms with Gasteiger partial charge in [0.15, 0.2) is 0 Å². The molecule has 12 heteroatoms. The average Bonchev–Trinajstić information content (AvgIpc) is 3.28. The molecule has 0 bridgehead atoms. The fourth-order valence-corrected chi connectivity index (χ4v) is 3.42. The largest absolute Gasteiger partial charge is 0.341 e. The van der Waals surface area contributed by atoms with Crippen LogP contribution in [0.15, 0.2) is 16.7 Å². The van der Waals surface area contributed by atoms with Gasteiger partial charge in [-0.1, -0.05) is 5.16 Å². The van der Waals surface area contributed by atoms with Crippen molar-refractivity contribution in [3.05, 3.63) is 29.7 Å². The number of anilines is 1. The molecule has 0 saturated carbocycles. The fraction of sp³-hybridized carbons (Fsp3) is 0.444. The zero-order valence-corrected chi connectivity index (χ0v) is 15.3. The first-order chi connectivity index (χ1) is 14.3. The van der Waals surface area contributed by atoms with Gasteiger partial charge in [0, 0.05) is 25.6 Å². The number of carbonyl (C=O) groups excluding carboxylic acids is 2. The van der Waals surface area contributed by atoms with Crippen LogP contribution in [0, 0.1) is 11.6 Å². The van der Waals surface area contributed by atoms with Crippen LogP contribution in [0.4, 0.5) is 27.6 Å². The van der Waals surface area contributed by atoms with Crippen molar-refractivity contribution in [3.63, 3.8) is 0 Å². The topological polar surface area (TPSA) is 79.5 Å².